The summed E-state index contributed by atoms with van der Waals surface area (Å²) in [5.41, 5.74) is 2.02. The predicted molar refractivity (Wildman–Crippen MR) is 86.6 cm³/mol. The van der Waals surface area contributed by atoms with E-state index in [1.807, 2.05) is 0 Å². The first-order valence-corrected chi connectivity index (χ1v) is 7.31. The number of rotatable bonds is 3. The van der Waals surface area contributed by atoms with Gasteiger partial charge in [0.25, 0.3) is 5.56 Å². The normalized spacial score (nSPS) is 10.7. The molecule has 2 nitrogen and oxygen atoms in total. The van der Waals surface area contributed by atoms with E-state index in [1.54, 1.807) is 30.5 Å². The molecule has 0 bridgehead atoms. The van der Waals surface area contributed by atoms with Gasteiger partial charge in [-0.3, -0.25) is 4.79 Å². The molecule has 23 heavy (non-hydrogen) atoms. The molecule has 3 rings (SSSR count). The Balaban J connectivity index is 1.97. The lowest BCUT2D eigenvalue weighted by molar-refractivity contribution is 0.626. The van der Waals surface area contributed by atoms with Gasteiger partial charge in [-0.25, -0.2) is 8.78 Å². The van der Waals surface area contributed by atoms with Gasteiger partial charge in [-0.05, 0) is 47.0 Å². The Labute approximate surface area is 136 Å². The van der Waals surface area contributed by atoms with Crippen LogP contribution in [-0.2, 0) is 6.54 Å². The highest BCUT2D eigenvalue weighted by atomic mass is 35.5. The van der Waals surface area contributed by atoms with E-state index in [1.165, 1.54) is 34.9 Å². The summed E-state index contributed by atoms with van der Waals surface area (Å²) in [4.78, 5) is 12.0. The molecule has 0 spiro atoms. The van der Waals surface area contributed by atoms with Crippen molar-refractivity contribution in [2.75, 3.05) is 0 Å². The second kappa shape index (κ2) is 6.34. The highest BCUT2D eigenvalue weighted by Crippen LogP contribution is 2.20. The average Bonchev–Trinajstić information content (AvgIpc) is 2.53. The third kappa shape index (κ3) is 3.48. The van der Waals surface area contributed by atoms with Crippen molar-refractivity contribution in [1.29, 1.82) is 0 Å². The summed E-state index contributed by atoms with van der Waals surface area (Å²) in [6.45, 7) is 0.229. The average molecular weight is 332 g/mol. The van der Waals surface area contributed by atoms with Crippen molar-refractivity contribution in [2.45, 2.75) is 6.54 Å². The number of aromatic nitrogens is 1. The van der Waals surface area contributed by atoms with Gasteiger partial charge in [-0.15, -0.1) is 0 Å². The second-order valence-corrected chi connectivity index (χ2v) is 5.53. The molecule has 0 atom stereocenters. The van der Waals surface area contributed by atoms with Crippen LogP contribution < -0.4 is 5.56 Å². The molecule has 1 aromatic heterocycles. The van der Waals surface area contributed by atoms with Crippen LogP contribution in [-0.4, -0.2) is 4.57 Å². The first-order chi connectivity index (χ1) is 11.0. The van der Waals surface area contributed by atoms with E-state index in [9.17, 15) is 13.6 Å². The van der Waals surface area contributed by atoms with Crippen molar-refractivity contribution >= 4 is 11.6 Å². The van der Waals surface area contributed by atoms with Crippen LogP contribution in [0.25, 0.3) is 11.1 Å². The molecule has 0 fully saturated rings. The Morgan fingerprint density at radius 2 is 1.52 bits per heavy atom. The molecule has 0 aliphatic rings. The number of pyridine rings is 1. The highest BCUT2D eigenvalue weighted by Gasteiger charge is 2.06. The number of hydrogen-bond donors (Lipinski definition) is 0. The van der Waals surface area contributed by atoms with Gasteiger partial charge in [-0.1, -0.05) is 29.8 Å². The molecule has 0 radical (unpaired) electrons. The second-order valence-electron chi connectivity index (χ2n) is 5.13. The highest BCUT2D eigenvalue weighted by molar-refractivity contribution is 6.31. The first kappa shape index (κ1) is 15.4. The number of nitrogens with zero attached hydrogens (tertiary/aromatic N) is 1. The van der Waals surface area contributed by atoms with Crippen molar-refractivity contribution in [3.8, 4) is 11.1 Å². The Hall–Kier alpha value is -2.46. The molecule has 0 saturated carbocycles. The third-order valence-electron chi connectivity index (χ3n) is 3.52. The van der Waals surface area contributed by atoms with E-state index < -0.39 is 5.82 Å². The van der Waals surface area contributed by atoms with Crippen LogP contribution in [0, 0.1) is 11.6 Å². The SMILES string of the molecule is O=c1ccc(-c2ccc(F)cc2)cn1Cc1ccc(F)cc1Cl. The molecule has 5 heteroatoms. The van der Waals surface area contributed by atoms with Crippen LogP contribution in [0.5, 0.6) is 0 Å². The zero-order valence-electron chi connectivity index (χ0n) is 12.0. The molecule has 0 unspecified atom stereocenters. The molecule has 2 aromatic carbocycles. The maximum absolute atomic E-state index is 13.1. The van der Waals surface area contributed by atoms with Crippen molar-refractivity contribution in [3.05, 3.63) is 93.4 Å². The summed E-state index contributed by atoms with van der Waals surface area (Å²) in [5, 5.41) is 0.268. The molecular formula is C18H12ClF2NO. The summed E-state index contributed by atoms with van der Waals surface area (Å²) < 4.78 is 27.6. The smallest absolute Gasteiger partial charge is 0.250 e. The standard InChI is InChI=1S/C18H12ClF2NO/c19-17-9-16(21)7-3-14(17)11-22-10-13(4-8-18(22)23)12-1-5-15(20)6-2-12/h1-10H,11H2. The van der Waals surface area contributed by atoms with E-state index in [0.29, 0.717) is 5.56 Å². The minimum Gasteiger partial charge on any atom is -0.310 e. The maximum atomic E-state index is 13.1. The number of halogens is 3. The van der Waals surface area contributed by atoms with E-state index in [-0.39, 0.29) is 22.9 Å². The predicted octanol–water partition coefficient (Wildman–Crippen LogP) is 4.50. The summed E-state index contributed by atoms with van der Waals surface area (Å²) >= 11 is 6.01. The van der Waals surface area contributed by atoms with Gasteiger partial charge in [0.2, 0.25) is 0 Å². The van der Waals surface area contributed by atoms with Gasteiger partial charge in [0.05, 0.1) is 6.54 Å². The zero-order chi connectivity index (χ0) is 16.4. The maximum Gasteiger partial charge on any atom is 0.250 e. The molecule has 116 valence electrons. The van der Waals surface area contributed by atoms with E-state index in [4.69, 9.17) is 11.6 Å². The van der Waals surface area contributed by atoms with Gasteiger partial charge in [-0.2, -0.15) is 0 Å². The monoisotopic (exact) mass is 331 g/mol. The quantitative estimate of drug-likeness (QED) is 0.693. The lowest BCUT2D eigenvalue weighted by Gasteiger charge is -2.10. The fourth-order valence-electron chi connectivity index (χ4n) is 2.30. The number of hydrogen-bond acceptors (Lipinski definition) is 1. The summed E-state index contributed by atoms with van der Waals surface area (Å²) in [5.74, 6) is -0.744. The Morgan fingerprint density at radius 3 is 2.22 bits per heavy atom. The van der Waals surface area contributed by atoms with Crippen LogP contribution in [0.1, 0.15) is 5.56 Å². The summed E-state index contributed by atoms with van der Waals surface area (Å²) in [7, 11) is 0. The van der Waals surface area contributed by atoms with Crippen LogP contribution >= 0.6 is 11.6 Å². The van der Waals surface area contributed by atoms with Crippen LogP contribution in [0.15, 0.2) is 65.6 Å². The van der Waals surface area contributed by atoms with Crippen molar-refractivity contribution in [3.63, 3.8) is 0 Å². The largest absolute Gasteiger partial charge is 0.310 e. The van der Waals surface area contributed by atoms with E-state index in [2.05, 4.69) is 0 Å². The van der Waals surface area contributed by atoms with Gasteiger partial charge in [0.15, 0.2) is 0 Å². The fourth-order valence-corrected chi connectivity index (χ4v) is 2.53. The fraction of sp³-hybridized carbons (Fsp3) is 0.0556. The Morgan fingerprint density at radius 1 is 0.870 bits per heavy atom. The Kier molecular flexibility index (Phi) is 4.26. The first-order valence-electron chi connectivity index (χ1n) is 6.93. The minimum absolute atomic E-state index is 0.198. The van der Waals surface area contributed by atoms with Crippen LogP contribution in [0.3, 0.4) is 0 Å². The molecule has 0 saturated heterocycles. The molecule has 3 aromatic rings. The molecular weight excluding hydrogens is 320 g/mol. The van der Waals surface area contributed by atoms with Crippen molar-refractivity contribution in [1.82, 2.24) is 4.57 Å². The minimum atomic E-state index is -0.425. The lowest BCUT2D eigenvalue weighted by atomic mass is 10.1. The van der Waals surface area contributed by atoms with Gasteiger partial charge in [0, 0.05) is 17.3 Å². The molecule has 0 amide bonds. The summed E-state index contributed by atoms with van der Waals surface area (Å²) in [6, 6.07) is 13.2. The van der Waals surface area contributed by atoms with Gasteiger partial charge < -0.3 is 4.57 Å². The lowest BCUT2D eigenvalue weighted by Crippen LogP contribution is -2.19. The third-order valence-corrected chi connectivity index (χ3v) is 3.87. The van der Waals surface area contributed by atoms with Crippen molar-refractivity contribution in [2.24, 2.45) is 0 Å². The van der Waals surface area contributed by atoms with Gasteiger partial charge in [0.1, 0.15) is 11.6 Å². The van der Waals surface area contributed by atoms with E-state index in [0.717, 1.165) is 11.1 Å². The van der Waals surface area contributed by atoms with Crippen LogP contribution in [0.2, 0.25) is 5.02 Å². The van der Waals surface area contributed by atoms with Crippen molar-refractivity contribution < 1.29 is 8.78 Å². The van der Waals surface area contributed by atoms with Gasteiger partial charge >= 0.3 is 0 Å². The topological polar surface area (TPSA) is 22.0 Å². The molecule has 0 N–H and O–H groups in total. The molecule has 0 aliphatic carbocycles. The number of benzene rings is 2. The van der Waals surface area contributed by atoms with Crippen LogP contribution in [0.4, 0.5) is 8.78 Å². The Bertz CT molecular complexity index is 904. The molecule has 1 heterocycles. The van der Waals surface area contributed by atoms with E-state index >= 15 is 0 Å². The zero-order valence-corrected chi connectivity index (χ0v) is 12.7. The molecule has 0 aliphatic heterocycles. The summed E-state index contributed by atoms with van der Waals surface area (Å²) in [6.07, 6.45) is 1.68.